The van der Waals surface area contributed by atoms with Crippen LogP contribution in [-0.4, -0.2) is 27.4 Å². The Hall–Kier alpha value is -3.49. The molecule has 1 N–H and O–H groups in total. The van der Waals surface area contributed by atoms with Crippen LogP contribution in [0, 0.1) is 10.1 Å². The smallest absolute Gasteiger partial charge is 0.296 e. The van der Waals surface area contributed by atoms with Crippen molar-refractivity contribution in [1.82, 2.24) is 4.98 Å². The van der Waals surface area contributed by atoms with E-state index >= 15 is 0 Å². The van der Waals surface area contributed by atoms with Gasteiger partial charge >= 0.3 is 0 Å². The summed E-state index contributed by atoms with van der Waals surface area (Å²) in [5.74, 6) is 0.303. The Morgan fingerprint density at radius 1 is 1.35 bits per heavy atom. The molecule has 0 atom stereocenters. The number of amides is 1. The van der Waals surface area contributed by atoms with Gasteiger partial charge in [0.2, 0.25) is 17.7 Å². The van der Waals surface area contributed by atoms with Gasteiger partial charge in [0.25, 0.3) is 5.69 Å². The van der Waals surface area contributed by atoms with Crippen LogP contribution in [0.15, 0.2) is 41.5 Å². The molecular weight excluding hydrogens is 340 g/mol. The lowest BCUT2D eigenvalue weighted by molar-refractivity contribution is -0.384. The van der Waals surface area contributed by atoms with Gasteiger partial charge in [0.05, 0.1) is 16.6 Å². The molecule has 9 nitrogen and oxygen atoms in total. The Morgan fingerprint density at radius 2 is 2.12 bits per heavy atom. The summed E-state index contributed by atoms with van der Waals surface area (Å²) in [5.41, 5.74) is -0.861. The number of aromatic nitrogens is 1. The van der Waals surface area contributed by atoms with E-state index in [4.69, 9.17) is 9.47 Å². The Balaban J connectivity index is 2.11. The molecule has 3 rings (SSSR count). The Kier molecular flexibility index (Phi) is 4.29. The highest BCUT2D eigenvalue weighted by Gasteiger charge is 2.33. The summed E-state index contributed by atoms with van der Waals surface area (Å²) in [6.07, 6.45) is 1.57. The molecule has 2 aromatic rings. The average Bonchev–Trinajstić information content (AvgIpc) is 2.54. The molecule has 0 unspecified atom stereocenters. The number of nitro benzene ring substituents is 1. The van der Waals surface area contributed by atoms with E-state index in [1.165, 1.54) is 19.1 Å². The van der Waals surface area contributed by atoms with Gasteiger partial charge in [0.1, 0.15) is 11.4 Å². The first-order valence-corrected chi connectivity index (χ1v) is 7.73. The molecule has 134 valence electrons. The maximum absolute atomic E-state index is 11.4. The third-order valence-corrected chi connectivity index (χ3v) is 3.41. The van der Waals surface area contributed by atoms with E-state index in [1.54, 1.807) is 38.2 Å². The van der Waals surface area contributed by atoms with Crippen molar-refractivity contribution in [2.24, 2.45) is 4.99 Å². The third kappa shape index (κ3) is 3.61. The summed E-state index contributed by atoms with van der Waals surface area (Å²) in [7, 11) is 0. The van der Waals surface area contributed by atoms with Crippen LogP contribution in [0.4, 0.5) is 11.4 Å². The molecule has 26 heavy (non-hydrogen) atoms. The Morgan fingerprint density at radius 3 is 2.73 bits per heavy atom. The minimum absolute atomic E-state index is 0.0295. The van der Waals surface area contributed by atoms with Crippen molar-refractivity contribution < 1.29 is 19.2 Å². The summed E-state index contributed by atoms with van der Waals surface area (Å²) >= 11 is 0. The SMILES string of the molecule is CC(=O)Nc1cc2c(cc1[N+](=O)[O-])OC(C)(C)N=C2Oc1ccccn1. The fourth-order valence-corrected chi connectivity index (χ4v) is 2.44. The number of carbonyl (C=O) groups excluding carboxylic acids is 1. The number of benzene rings is 1. The number of hydrogen-bond donors (Lipinski definition) is 1. The summed E-state index contributed by atoms with van der Waals surface area (Å²) in [6.45, 7) is 4.67. The normalized spacial score (nSPS) is 14.5. The van der Waals surface area contributed by atoms with E-state index in [0.717, 1.165) is 0 Å². The maximum Gasteiger partial charge on any atom is 0.296 e. The quantitative estimate of drug-likeness (QED) is 0.668. The van der Waals surface area contributed by atoms with Gasteiger partial charge in [-0.2, -0.15) is 0 Å². The van der Waals surface area contributed by atoms with Crippen LogP contribution in [0.3, 0.4) is 0 Å². The minimum Gasteiger partial charge on any atom is -0.466 e. The highest BCUT2D eigenvalue weighted by atomic mass is 16.6. The largest absolute Gasteiger partial charge is 0.466 e. The van der Waals surface area contributed by atoms with Gasteiger partial charge < -0.3 is 14.8 Å². The predicted molar refractivity (Wildman–Crippen MR) is 93.5 cm³/mol. The molecule has 9 heteroatoms. The number of rotatable bonds is 3. The minimum atomic E-state index is -0.986. The zero-order chi connectivity index (χ0) is 18.9. The number of fused-ring (bicyclic) bond motifs is 1. The van der Waals surface area contributed by atoms with Crippen LogP contribution in [0.1, 0.15) is 26.3 Å². The molecule has 1 aromatic heterocycles. The molecule has 1 amide bonds. The topological polar surface area (TPSA) is 116 Å². The molecule has 0 spiro atoms. The monoisotopic (exact) mass is 356 g/mol. The van der Waals surface area contributed by atoms with E-state index < -0.39 is 16.6 Å². The summed E-state index contributed by atoms with van der Waals surface area (Å²) in [4.78, 5) is 30.6. The first-order chi connectivity index (χ1) is 12.2. The second-order valence-electron chi connectivity index (χ2n) is 6.04. The first-order valence-electron chi connectivity index (χ1n) is 7.73. The van der Waals surface area contributed by atoms with Crippen molar-refractivity contribution in [3.05, 3.63) is 52.2 Å². The van der Waals surface area contributed by atoms with Crippen molar-refractivity contribution in [2.45, 2.75) is 26.5 Å². The van der Waals surface area contributed by atoms with Crippen molar-refractivity contribution in [2.75, 3.05) is 5.32 Å². The maximum atomic E-state index is 11.4. The fraction of sp³-hybridized carbons (Fsp3) is 0.235. The summed E-state index contributed by atoms with van der Waals surface area (Å²) < 4.78 is 11.5. The number of pyridine rings is 1. The van der Waals surface area contributed by atoms with E-state index in [9.17, 15) is 14.9 Å². The van der Waals surface area contributed by atoms with Crippen molar-refractivity contribution in [1.29, 1.82) is 0 Å². The van der Waals surface area contributed by atoms with Crippen LogP contribution >= 0.6 is 0 Å². The standard InChI is InChI=1S/C17H16N4O5/c1-10(22)19-12-8-11-14(9-13(12)21(23)24)26-17(2,3)20-16(11)25-15-6-4-5-7-18-15/h4-9H,1-3H3,(H,19,22). The number of nitrogens with zero attached hydrogens (tertiary/aromatic N) is 3. The van der Waals surface area contributed by atoms with Crippen LogP contribution in [-0.2, 0) is 4.79 Å². The van der Waals surface area contributed by atoms with Crippen LogP contribution in [0.5, 0.6) is 11.6 Å². The lowest BCUT2D eigenvalue weighted by atomic mass is 10.1. The molecule has 0 saturated carbocycles. The summed E-state index contributed by atoms with van der Waals surface area (Å²) in [5, 5.41) is 13.8. The molecule has 1 aromatic carbocycles. The molecule has 0 aliphatic carbocycles. The number of nitrogens with one attached hydrogen (secondary N) is 1. The van der Waals surface area contributed by atoms with Gasteiger partial charge in [-0.05, 0) is 26.0 Å². The fourth-order valence-electron chi connectivity index (χ4n) is 2.44. The van der Waals surface area contributed by atoms with Crippen molar-refractivity contribution in [3.63, 3.8) is 0 Å². The molecule has 2 heterocycles. The number of ether oxygens (including phenoxy) is 2. The lowest BCUT2D eigenvalue weighted by Crippen LogP contribution is -2.34. The molecule has 0 fully saturated rings. The summed E-state index contributed by atoms with van der Waals surface area (Å²) in [6, 6.07) is 7.82. The van der Waals surface area contributed by atoms with Gasteiger partial charge in [-0.3, -0.25) is 14.9 Å². The zero-order valence-electron chi connectivity index (χ0n) is 14.3. The molecule has 0 radical (unpaired) electrons. The predicted octanol–water partition coefficient (Wildman–Crippen LogP) is 2.90. The lowest BCUT2D eigenvalue weighted by Gasteiger charge is -2.29. The second kappa shape index (κ2) is 6.43. The van der Waals surface area contributed by atoms with Crippen molar-refractivity contribution in [3.8, 4) is 11.6 Å². The average molecular weight is 356 g/mol. The van der Waals surface area contributed by atoms with Crippen LogP contribution < -0.4 is 14.8 Å². The number of carbonyl (C=O) groups is 1. The number of hydrogen-bond acceptors (Lipinski definition) is 7. The van der Waals surface area contributed by atoms with Gasteiger partial charge in [-0.15, -0.1) is 0 Å². The van der Waals surface area contributed by atoms with Crippen molar-refractivity contribution >= 4 is 23.2 Å². The first kappa shape index (κ1) is 17.3. The third-order valence-electron chi connectivity index (χ3n) is 3.41. The van der Waals surface area contributed by atoms with Gasteiger partial charge in [0, 0.05) is 19.2 Å². The number of anilines is 1. The second-order valence-corrected chi connectivity index (χ2v) is 6.04. The Bertz CT molecular complexity index is 909. The highest BCUT2D eigenvalue weighted by molar-refractivity contribution is 6.02. The highest BCUT2D eigenvalue weighted by Crippen LogP contribution is 2.38. The zero-order valence-corrected chi connectivity index (χ0v) is 14.3. The molecule has 1 aliphatic rings. The van der Waals surface area contributed by atoms with Crippen LogP contribution in [0.2, 0.25) is 0 Å². The number of nitro groups is 1. The van der Waals surface area contributed by atoms with Crippen LogP contribution in [0.25, 0.3) is 0 Å². The molecular formula is C17H16N4O5. The number of aliphatic imine (C=N–C) groups is 1. The molecule has 0 saturated heterocycles. The van der Waals surface area contributed by atoms with Gasteiger partial charge in [-0.1, -0.05) is 6.07 Å². The molecule has 1 aliphatic heterocycles. The van der Waals surface area contributed by atoms with Gasteiger partial charge in [0.15, 0.2) is 5.72 Å². The Labute approximate surface area is 148 Å². The van der Waals surface area contributed by atoms with E-state index in [-0.39, 0.29) is 23.0 Å². The van der Waals surface area contributed by atoms with E-state index in [1.807, 2.05) is 0 Å². The van der Waals surface area contributed by atoms with Gasteiger partial charge in [-0.25, -0.2) is 9.98 Å². The van der Waals surface area contributed by atoms with E-state index in [2.05, 4.69) is 15.3 Å². The molecule has 0 bridgehead atoms. The van der Waals surface area contributed by atoms with E-state index in [0.29, 0.717) is 11.4 Å².